The number of hydrogen-bond acceptors (Lipinski definition) is 3. The Hall–Kier alpha value is -2.49. The zero-order chi connectivity index (χ0) is 15.6. The lowest BCUT2D eigenvalue weighted by atomic mass is 10.1. The number of nitrogens with two attached hydrogens (primary N) is 1. The molecule has 4 nitrogen and oxygen atoms in total. The van der Waals surface area contributed by atoms with Crippen molar-refractivity contribution in [3.8, 4) is 0 Å². The summed E-state index contributed by atoms with van der Waals surface area (Å²) in [4.78, 5) is 13.6. The fourth-order valence-electron chi connectivity index (χ4n) is 2.15. The molecule has 0 fully saturated rings. The van der Waals surface area contributed by atoms with Crippen LogP contribution in [0.4, 0.5) is 17.1 Å². The number of carbonyl (C=O) groups is 1. The predicted octanol–water partition coefficient (Wildman–Crippen LogP) is 3.33. The van der Waals surface area contributed by atoms with Crippen molar-refractivity contribution < 1.29 is 4.79 Å². The summed E-state index contributed by atoms with van der Waals surface area (Å²) >= 11 is 0. The summed E-state index contributed by atoms with van der Waals surface area (Å²) in [6, 6.07) is 11.4. The largest absolute Gasteiger partial charge is 0.397 e. The van der Waals surface area contributed by atoms with E-state index in [9.17, 15) is 4.79 Å². The number of anilines is 3. The average Bonchev–Trinajstić information content (AvgIpc) is 2.43. The van der Waals surface area contributed by atoms with E-state index in [1.54, 1.807) is 37.2 Å². The molecular weight excluding hydrogens is 262 g/mol. The summed E-state index contributed by atoms with van der Waals surface area (Å²) in [5.74, 6) is -0.0429. The minimum atomic E-state index is -0.0429. The molecule has 0 heterocycles. The van der Waals surface area contributed by atoms with Gasteiger partial charge in [-0.2, -0.15) is 0 Å². The van der Waals surface area contributed by atoms with Crippen molar-refractivity contribution in [3.63, 3.8) is 0 Å². The Labute approximate surface area is 125 Å². The summed E-state index contributed by atoms with van der Waals surface area (Å²) in [5.41, 5.74) is 11.3. The topological polar surface area (TPSA) is 58.4 Å². The summed E-state index contributed by atoms with van der Waals surface area (Å²) in [5, 5.41) is 3.31. The van der Waals surface area contributed by atoms with E-state index in [1.165, 1.54) is 5.56 Å². The molecule has 2 aromatic rings. The van der Waals surface area contributed by atoms with E-state index < -0.39 is 0 Å². The van der Waals surface area contributed by atoms with E-state index in [2.05, 4.69) is 18.3 Å². The molecule has 4 heteroatoms. The number of nitrogens with zero attached hydrogens (tertiary/aromatic N) is 1. The fraction of sp³-hybridized carbons (Fsp3) is 0.235. The Bertz CT molecular complexity index is 678. The number of nitrogen functional groups attached to an aromatic ring is 1. The lowest BCUT2D eigenvalue weighted by Gasteiger charge is -2.15. The molecule has 2 aromatic carbocycles. The van der Waals surface area contributed by atoms with E-state index in [4.69, 9.17) is 5.73 Å². The molecule has 0 aromatic heterocycles. The van der Waals surface area contributed by atoms with Crippen LogP contribution in [0.15, 0.2) is 36.4 Å². The quantitative estimate of drug-likeness (QED) is 0.849. The zero-order valence-corrected chi connectivity index (χ0v) is 12.9. The van der Waals surface area contributed by atoms with Crippen molar-refractivity contribution in [1.82, 2.24) is 4.90 Å². The van der Waals surface area contributed by atoms with Crippen molar-refractivity contribution >= 4 is 23.0 Å². The number of benzene rings is 2. The van der Waals surface area contributed by atoms with Crippen molar-refractivity contribution in [2.75, 3.05) is 25.1 Å². The Morgan fingerprint density at radius 1 is 1.05 bits per heavy atom. The third kappa shape index (κ3) is 3.34. The maximum absolute atomic E-state index is 12.0. The third-order valence-corrected chi connectivity index (χ3v) is 3.36. The number of hydrogen-bond donors (Lipinski definition) is 2. The van der Waals surface area contributed by atoms with Gasteiger partial charge in [-0.15, -0.1) is 0 Å². The normalized spacial score (nSPS) is 10.3. The molecule has 2 rings (SSSR count). The molecule has 0 unspecified atom stereocenters. The molecule has 21 heavy (non-hydrogen) atoms. The molecule has 0 radical (unpaired) electrons. The second kappa shape index (κ2) is 5.87. The first-order chi connectivity index (χ1) is 9.88. The molecule has 0 spiro atoms. The van der Waals surface area contributed by atoms with Crippen molar-refractivity contribution in [2.24, 2.45) is 0 Å². The molecule has 0 atom stereocenters. The molecule has 0 aliphatic rings. The molecule has 110 valence electrons. The van der Waals surface area contributed by atoms with E-state index in [0.29, 0.717) is 11.3 Å². The van der Waals surface area contributed by atoms with Crippen LogP contribution in [0.25, 0.3) is 0 Å². The molecular formula is C17H21N3O. The van der Waals surface area contributed by atoms with Crippen molar-refractivity contribution in [1.29, 1.82) is 0 Å². The molecule has 0 bridgehead atoms. The number of carbonyl (C=O) groups excluding carboxylic acids is 1. The van der Waals surface area contributed by atoms with Crippen LogP contribution in [0.3, 0.4) is 0 Å². The Morgan fingerprint density at radius 3 is 2.38 bits per heavy atom. The van der Waals surface area contributed by atoms with E-state index in [-0.39, 0.29) is 5.91 Å². The lowest BCUT2D eigenvalue weighted by molar-refractivity contribution is 0.0827. The fourth-order valence-corrected chi connectivity index (χ4v) is 2.15. The SMILES string of the molecule is Cc1ccc(Nc2cc(C(=O)N(C)C)ccc2N)c(C)c1. The second-order valence-electron chi connectivity index (χ2n) is 5.44. The van der Waals surface area contributed by atoms with Gasteiger partial charge in [0.25, 0.3) is 5.91 Å². The van der Waals surface area contributed by atoms with Gasteiger partial charge in [-0.05, 0) is 43.7 Å². The summed E-state index contributed by atoms with van der Waals surface area (Å²) in [6.07, 6.45) is 0. The first kappa shape index (κ1) is 14.9. The number of rotatable bonds is 3. The van der Waals surface area contributed by atoms with Crippen LogP contribution < -0.4 is 11.1 Å². The molecule has 1 amide bonds. The number of nitrogens with one attached hydrogen (secondary N) is 1. The van der Waals surface area contributed by atoms with Gasteiger partial charge in [0.05, 0.1) is 11.4 Å². The lowest BCUT2D eigenvalue weighted by Crippen LogP contribution is -2.21. The Balaban J connectivity index is 2.35. The molecule has 0 aliphatic carbocycles. The predicted molar refractivity (Wildman–Crippen MR) is 88.1 cm³/mol. The first-order valence-corrected chi connectivity index (χ1v) is 6.84. The summed E-state index contributed by atoms with van der Waals surface area (Å²) in [7, 11) is 3.46. The average molecular weight is 283 g/mol. The summed E-state index contributed by atoms with van der Waals surface area (Å²) < 4.78 is 0. The number of amides is 1. The third-order valence-electron chi connectivity index (χ3n) is 3.36. The zero-order valence-electron chi connectivity index (χ0n) is 12.9. The monoisotopic (exact) mass is 283 g/mol. The van der Waals surface area contributed by atoms with Gasteiger partial charge in [-0.25, -0.2) is 0 Å². The Kier molecular flexibility index (Phi) is 4.17. The van der Waals surface area contributed by atoms with Gasteiger partial charge in [0.15, 0.2) is 0 Å². The van der Waals surface area contributed by atoms with Gasteiger partial charge in [-0.1, -0.05) is 17.7 Å². The van der Waals surface area contributed by atoms with Crippen LogP contribution in [0.5, 0.6) is 0 Å². The van der Waals surface area contributed by atoms with Gasteiger partial charge in [0.2, 0.25) is 0 Å². The number of aryl methyl sites for hydroxylation is 2. The first-order valence-electron chi connectivity index (χ1n) is 6.84. The van der Waals surface area contributed by atoms with E-state index >= 15 is 0 Å². The minimum Gasteiger partial charge on any atom is -0.397 e. The second-order valence-corrected chi connectivity index (χ2v) is 5.44. The molecule has 0 aliphatic heterocycles. The summed E-state index contributed by atoms with van der Waals surface area (Å²) in [6.45, 7) is 4.10. The standard InChI is InChI=1S/C17H21N3O/c1-11-5-8-15(12(2)9-11)19-16-10-13(6-7-14(16)18)17(21)20(3)4/h5-10,19H,18H2,1-4H3. The van der Waals surface area contributed by atoms with Crippen LogP contribution in [0, 0.1) is 13.8 Å². The maximum Gasteiger partial charge on any atom is 0.253 e. The van der Waals surface area contributed by atoms with E-state index in [0.717, 1.165) is 16.9 Å². The van der Waals surface area contributed by atoms with Crippen LogP contribution in [0.1, 0.15) is 21.5 Å². The highest BCUT2D eigenvalue weighted by Gasteiger charge is 2.11. The van der Waals surface area contributed by atoms with Gasteiger partial charge >= 0.3 is 0 Å². The van der Waals surface area contributed by atoms with Crippen LogP contribution in [0.2, 0.25) is 0 Å². The highest BCUT2D eigenvalue weighted by atomic mass is 16.2. The van der Waals surface area contributed by atoms with Crippen LogP contribution >= 0.6 is 0 Å². The maximum atomic E-state index is 12.0. The van der Waals surface area contributed by atoms with Gasteiger partial charge < -0.3 is 16.0 Å². The molecule has 3 N–H and O–H groups in total. The highest BCUT2D eigenvalue weighted by molar-refractivity contribution is 5.96. The van der Waals surface area contributed by atoms with Crippen molar-refractivity contribution in [3.05, 3.63) is 53.1 Å². The van der Waals surface area contributed by atoms with E-state index in [1.807, 2.05) is 19.1 Å². The minimum absolute atomic E-state index is 0.0429. The molecule has 0 saturated heterocycles. The van der Waals surface area contributed by atoms with Crippen LogP contribution in [-0.4, -0.2) is 24.9 Å². The Morgan fingerprint density at radius 2 is 1.76 bits per heavy atom. The highest BCUT2D eigenvalue weighted by Crippen LogP contribution is 2.27. The smallest absolute Gasteiger partial charge is 0.253 e. The van der Waals surface area contributed by atoms with Crippen LogP contribution in [-0.2, 0) is 0 Å². The van der Waals surface area contributed by atoms with Gasteiger partial charge in [0.1, 0.15) is 0 Å². The molecule has 0 saturated carbocycles. The van der Waals surface area contributed by atoms with Gasteiger partial charge in [0, 0.05) is 25.3 Å². The van der Waals surface area contributed by atoms with Crippen molar-refractivity contribution in [2.45, 2.75) is 13.8 Å². The van der Waals surface area contributed by atoms with Gasteiger partial charge in [-0.3, -0.25) is 4.79 Å².